The van der Waals surface area contributed by atoms with E-state index >= 15 is 0 Å². The lowest BCUT2D eigenvalue weighted by Gasteiger charge is -2.00. The summed E-state index contributed by atoms with van der Waals surface area (Å²) in [5.74, 6) is 0.794. The van der Waals surface area contributed by atoms with E-state index in [2.05, 4.69) is 39.8 Å². The summed E-state index contributed by atoms with van der Waals surface area (Å²) in [5, 5.41) is 13.2. The Morgan fingerprint density at radius 3 is 2.67 bits per heavy atom. The van der Waals surface area contributed by atoms with E-state index in [0.717, 1.165) is 32.4 Å². The van der Waals surface area contributed by atoms with Gasteiger partial charge in [0.2, 0.25) is 5.13 Å². The standard InChI is InChI=1S/C18H16ClN3S2/c19-16-11-5-4-10-15(16)13-23-18-22-21-17(24-18)20-12-6-9-14-7-2-1-3-8-14/h1-11H,12-13H2,(H,20,21)/b9-6+. The molecule has 1 aromatic heterocycles. The topological polar surface area (TPSA) is 37.8 Å². The van der Waals surface area contributed by atoms with Crippen molar-refractivity contribution in [3.63, 3.8) is 0 Å². The third kappa shape index (κ3) is 5.09. The van der Waals surface area contributed by atoms with Crippen molar-refractivity contribution in [3.8, 4) is 0 Å². The molecular formula is C18H16ClN3S2. The summed E-state index contributed by atoms with van der Waals surface area (Å²) < 4.78 is 0.935. The van der Waals surface area contributed by atoms with Crippen molar-refractivity contribution >= 4 is 45.9 Å². The summed E-state index contributed by atoms with van der Waals surface area (Å²) in [4.78, 5) is 0. The lowest BCUT2D eigenvalue weighted by Crippen LogP contribution is -1.96. The Hall–Kier alpha value is -1.82. The molecule has 6 heteroatoms. The van der Waals surface area contributed by atoms with Crippen molar-refractivity contribution in [2.45, 2.75) is 10.1 Å². The molecule has 0 saturated carbocycles. The minimum atomic E-state index is 0.721. The van der Waals surface area contributed by atoms with Crippen molar-refractivity contribution in [2.75, 3.05) is 11.9 Å². The maximum atomic E-state index is 6.16. The SMILES string of the molecule is Clc1ccccc1CSc1nnc(NC/C=C/c2ccccc2)s1. The van der Waals surface area contributed by atoms with Gasteiger partial charge in [-0.2, -0.15) is 0 Å². The van der Waals surface area contributed by atoms with Gasteiger partial charge in [0, 0.05) is 17.3 Å². The smallest absolute Gasteiger partial charge is 0.206 e. The van der Waals surface area contributed by atoms with Crippen LogP contribution < -0.4 is 5.32 Å². The number of thioether (sulfide) groups is 1. The molecule has 0 bridgehead atoms. The number of nitrogens with one attached hydrogen (secondary N) is 1. The van der Waals surface area contributed by atoms with Crippen LogP contribution in [0.3, 0.4) is 0 Å². The van der Waals surface area contributed by atoms with Gasteiger partial charge in [0.15, 0.2) is 4.34 Å². The number of hydrogen-bond acceptors (Lipinski definition) is 5. The molecule has 0 radical (unpaired) electrons. The average Bonchev–Trinajstić information content (AvgIpc) is 3.07. The molecule has 1 heterocycles. The molecule has 2 aromatic carbocycles. The molecule has 0 fully saturated rings. The zero-order valence-electron chi connectivity index (χ0n) is 12.9. The Kier molecular flexibility index (Phi) is 6.29. The molecule has 3 nitrogen and oxygen atoms in total. The Labute approximate surface area is 154 Å². The molecule has 0 amide bonds. The number of hydrogen-bond donors (Lipinski definition) is 1. The zero-order chi connectivity index (χ0) is 16.6. The van der Waals surface area contributed by atoms with Gasteiger partial charge in [-0.25, -0.2) is 0 Å². The Bertz CT molecular complexity index is 803. The number of aromatic nitrogens is 2. The highest BCUT2D eigenvalue weighted by Crippen LogP contribution is 2.30. The molecule has 0 unspecified atom stereocenters. The van der Waals surface area contributed by atoms with Gasteiger partial charge in [0.1, 0.15) is 0 Å². The number of halogens is 1. The average molecular weight is 374 g/mol. The van der Waals surface area contributed by atoms with Gasteiger partial charge >= 0.3 is 0 Å². The van der Waals surface area contributed by atoms with Gasteiger partial charge < -0.3 is 5.32 Å². The van der Waals surface area contributed by atoms with Crippen LogP contribution in [0.5, 0.6) is 0 Å². The quantitative estimate of drug-likeness (QED) is 0.546. The summed E-state index contributed by atoms with van der Waals surface area (Å²) in [6, 6.07) is 18.1. The first-order valence-corrected chi connectivity index (χ1v) is 9.64. The molecule has 0 saturated heterocycles. The maximum Gasteiger partial charge on any atom is 0.206 e. The highest BCUT2D eigenvalue weighted by molar-refractivity contribution is 8.00. The Balaban J connectivity index is 1.47. The fourth-order valence-corrected chi connectivity index (χ4v) is 4.04. The van der Waals surface area contributed by atoms with Crippen LogP contribution in [0.4, 0.5) is 5.13 Å². The summed E-state index contributed by atoms with van der Waals surface area (Å²) in [6.07, 6.45) is 4.16. The molecule has 24 heavy (non-hydrogen) atoms. The van der Waals surface area contributed by atoms with E-state index in [1.165, 1.54) is 5.56 Å². The van der Waals surface area contributed by atoms with Gasteiger partial charge in [-0.1, -0.05) is 95.4 Å². The zero-order valence-corrected chi connectivity index (χ0v) is 15.2. The highest BCUT2D eigenvalue weighted by Gasteiger charge is 2.06. The van der Waals surface area contributed by atoms with E-state index in [0.29, 0.717) is 0 Å². The van der Waals surface area contributed by atoms with Crippen LogP contribution in [0.2, 0.25) is 5.02 Å². The largest absolute Gasteiger partial charge is 0.357 e. The Morgan fingerprint density at radius 2 is 1.83 bits per heavy atom. The first-order valence-electron chi connectivity index (χ1n) is 7.46. The van der Waals surface area contributed by atoms with Gasteiger partial charge in [-0.15, -0.1) is 10.2 Å². The molecule has 3 aromatic rings. The van der Waals surface area contributed by atoms with Crippen LogP contribution in [0.15, 0.2) is 65.0 Å². The predicted molar refractivity (Wildman–Crippen MR) is 105 cm³/mol. The van der Waals surface area contributed by atoms with E-state index in [1.54, 1.807) is 23.1 Å². The van der Waals surface area contributed by atoms with Crippen LogP contribution >= 0.6 is 34.7 Å². The molecule has 0 aliphatic heterocycles. The van der Waals surface area contributed by atoms with Crippen molar-refractivity contribution in [3.05, 3.63) is 76.8 Å². The van der Waals surface area contributed by atoms with Crippen LogP contribution in [-0.2, 0) is 5.75 Å². The summed E-state index contributed by atoms with van der Waals surface area (Å²) in [6.45, 7) is 0.721. The second kappa shape index (κ2) is 8.87. The second-order valence-corrected chi connectivity index (χ2v) is 7.55. The van der Waals surface area contributed by atoms with E-state index in [9.17, 15) is 0 Å². The van der Waals surface area contributed by atoms with Crippen molar-refractivity contribution in [1.29, 1.82) is 0 Å². The third-order valence-electron chi connectivity index (χ3n) is 3.20. The van der Waals surface area contributed by atoms with Crippen molar-refractivity contribution in [1.82, 2.24) is 10.2 Å². The van der Waals surface area contributed by atoms with E-state index in [1.807, 2.05) is 42.5 Å². The van der Waals surface area contributed by atoms with Gasteiger partial charge in [-0.05, 0) is 17.2 Å². The summed E-state index contributed by atoms with van der Waals surface area (Å²) in [5.41, 5.74) is 2.30. The van der Waals surface area contributed by atoms with Crippen LogP contribution in [0, 0.1) is 0 Å². The molecule has 122 valence electrons. The van der Waals surface area contributed by atoms with Gasteiger partial charge in [-0.3, -0.25) is 0 Å². The Morgan fingerprint density at radius 1 is 1.04 bits per heavy atom. The molecule has 1 N–H and O–H groups in total. The third-order valence-corrected chi connectivity index (χ3v) is 5.63. The first-order chi connectivity index (χ1) is 11.8. The maximum absolute atomic E-state index is 6.16. The minimum absolute atomic E-state index is 0.721. The predicted octanol–water partition coefficient (Wildman–Crippen LogP) is 5.61. The number of rotatable bonds is 7. The van der Waals surface area contributed by atoms with Crippen LogP contribution in [0.1, 0.15) is 11.1 Å². The molecule has 3 rings (SSSR count). The molecule has 0 spiro atoms. The fourth-order valence-electron chi connectivity index (χ4n) is 2.00. The number of benzene rings is 2. The van der Waals surface area contributed by atoms with Crippen molar-refractivity contribution in [2.24, 2.45) is 0 Å². The number of nitrogens with zero attached hydrogens (tertiary/aromatic N) is 2. The van der Waals surface area contributed by atoms with Crippen LogP contribution in [-0.4, -0.2) is 16.7 Å². The summed E-state index contributed by atoms with van der Waals surface area (Å²) >= 11 is 9.37. The molecular weight excluding hydrogens is 358 g/mol. The number of anilines is 1. The lowest BCUT2D eigenvalue weighted by molar-refractivity contribution is 1.01. The van der Waals surface area contributed by atoms with Gasteiger partial charge in [0.25, 0.3) is 0 Å². The fraction of sp³-hybridized carbons (Fsp3) is 0.111. The van der Waals surface area contributed by atoms with Crippen LogP contribution in [0.25, 0.3) is 6.08 Å². The molecule has 0 aliphatic carbocycles. The normalized spacial score (nSPS) is 11.0. The van der Waals surface area contributed by atoms with E-state index in [-0.39, 0.29) is 0 Å². The monoisotopic (exact) mass is 373 g/mol. The first kappa shape index (κ1) is 17.0. The summed E-state index contributed by atoms with van der Waals surface area (Å²) in [7, 11) is 0. The lowest BCUT2D eigenvalue weighted by atomic mass is 10.2. The molecule has 0 aliphatic rings. The minimum Gasteiger partial charge on any atom is -0.357 e. The van der Waals surface area contributed by atoms with E-state index < -0.39 is 0 Å². The highest BCUT2D eigenvalue weighted by atomic mass is 35.5. The second-order valence-electron chi connectivity index (χ2n) is 4.95. The van der Waals surface area contributed by atoms with E-state index in [4.69, 9.17) is 11.6 Å². The van der Waals surface area contributed by atoms with Crippen molar-refractivity contribution < 1.29 is 0 Å². The van der Waals surface area contributed by atoms with Gasteiger partial charge in [0.05, 0.1) is 0 Å². The molecule has 0 atom stereocenters.